The van der Waals surface area contributed by atoms with Gasteiger partial charge in [-0.1, -0.05) is 30.3 Å². The van der Waals surface area contributed by atoms with Crippen LogP contribution < -0.4 is 16.2 Å². The first-order valence-corrected chi connectivity index (χ1v) is 7.36. The molecule has 0 atom stereocenters. The maximum Gasteiger partial charge on any atom is 0.254 e. The largest absolute Gasteiger partial charge is 0.383 e. The molecule has 1 saturated heterocycles. The monoisotopic (exact) mass is 284 g/mol. The second kappa shape index (κ2) is 5.99. The Balaban J connectivity index is 1.61. The fourth-order valence-electron chi connectivity index (χ4n) is 2.91. The van der Waals surface area contributed by atoms with Gasteiger partial charge in [0.1, 0.15) is 5.82 Å². The van der Waals surface area contributed by atoms with Crippen molar-refractivity contribution < 1.29 is 0 Å². The maximum atomic E-state index is 11.5. The molecule has 0 unspecified atom stereocenters. The highest BCUT2D eigenvalue weighted by molar-refractivity contribution is 5.38. The molecular weight excluding hydrogens is 264 g/mol. The molecule has 0 aliphatic carbocycles. The number of nitrogens with zero attached hydrogens (tertiary/aromatic N) is 2. The van der Waals surface area contributed by atoms with E-state index in [4.69, 9.17) is 5.73 Å². The lowest BCUT2D eigenvalue weighted by molar-refractivity contribution is 0.400. The van der Waals surface area contributed by atoms with Gasteiger partial charge in [0, 0.05) is 19.2 Å². The van der Waals surface area contributed by atoms with Crippen molar-refractivity contribution in [3.05, 3.63) is 52.3 Å². The van der Waals surface area contributed by atoms with Gasteiger partial charge in [-0.05, 0) is 30.7 Å². The first-order chi connectivity index (χ1) is 10.2. The molecular formula is C16H20N4O. The van der Waals surface area contributed by atoms with Crippen molar-refractivity contribution in [1.82, 2.24) is 9.97 Å². The zero-order valence-electron chi connectivity index (χ0n) is 12.0. The number of piperidine rings is 1. The van der Waals surface area contributed by atoms with Crippen LogP contribution in [0.4, 0.5) is 11.8 Å². The number of nitrogen functional groups attached to an aromatic ring is 1. The number of rotatable bonds is 3. The molecule has 3 rings (SSSR count). The highest BCUT2D eigenvalue weighted by Gasteiger charge is 2.21. The number of anilines is 2. The van der Waals surface area contributed by atoms with Gasteiger partial charge in [-0.25, -0.2) is 0 Å². The molecule has 0 amide bonds. The molecule has 3 N–H and O–H groups in total. The SMILES string of the molecule is Nc1cc(=O)[nH]c(N2CCC(Cc3ccccc3)CC2)n1. The van der Waals surface area contributed by atoms with Crippen molar-refractivity contribution in [2.24, 2.45) is 5.92 Å². The fraction of sp³-hybridized carbons (Fsp3) is 0.375. The van der Waals surface area contributed by atoms with Crippen molar-refractivity contribution in [2.45, 2.75) is 19.3 Å². The lowest BCUT2D eigenvalue weighted by Gasteiger charge is -2.32. The number of hydrogen-bond acceptors (Lipinski definition) is 4. The number of aromatic nitrogens is 2. The molecule has 1 fully saturated rings. The van der Waals surface area contributed by atoms with Crippen molar-refractivity contribution in [2.75, 3.05) is 23.7 Å². The summed E-state index contributed by atoms with van der Waals surface area (Å²) in [5.41, 5.74) is 6.84. The molecule has 2 heterocycles. The molecule has 1 aromatic heterocycles. The minimum absolute atomic E-state index is 0.191. The van der Waals surface area contributed by atoms with Crippen molar-refractivity contribution >= 4 is 11.8 Å². The van der Waals surface area contributed by atoms with E-state index in [1.807, 2.05) is 6.07 Å². The van der Waals surface area contributed by atoms with E-state index in [-0.39, 0.29) is 11.4 Å². The third kappa shape index (κ3) is 3.42. The Labute approximate surface area is 123 Å². The first-order valence-electron chi connectivity index (χ1n) is 7.36. The molecule has 1 aromatic carbocycles. The normalized spacial score (nSPS) is 16.1. The van der Waals surface area contributed by atoms with Crippen LogP contribution in [0.2, 0.25) is 0 Å². The minimum Gasteiger partial charge on any atom is -0.383 e. The van der Waals surface area contributed by atoms with Gasteiger partial charge in [0.05, 0.1) is 0 Å². The smallest absolute Gasteiger partial charge is 0.254 e. The van der Waals surface area contributed by atoms with E-state index < -0.39 is 0 Å². The standard InChI is InChI=1S/C16H20N4O/c17-14-11-15(21)19-16(18-14)20-8-6-13(7-9-20)10-12-4-2-1-3-5-12/h1-5,11,13H,6-10H2,(H3,17,18,19,21). The van der Waals surface area contributed by atoms with E-state index in [1.165, 1.54) is 11.6 Å². The third-order valence-corrected chi connectivity index (χ3v) is 4.03. The molecule has 5 heteroatoms. The maximum absolute atomic E-state index is 11.5. The molecule has 0 saturated carbocycles. The van der Waals surface area contributed by atoms with Gasteiger partial charge in [-0.2, -0.15) is 4.98 Å². The number of hydrogen-bond donors (Lipinski definition) is 2. The van der Waals surface area contributed by atoms with E-state index in [9.17, 15) is 4.79 Å². The lowest BCUT2D eigenvalue weighted by atomic mass is 9.90. The van der Waals surface area contributed by atoms with Crippen LogP contribution in [0.3, 0.4) is 0 Å². The summed E-state index contributed by atoms with van der Waals surface area (Å²) in [5, 5.41) is 0. The molecule has 0 radical (unpaired) electrons. The number of nitrogens with two attached hydrogens (primary N) is 1. The topological polar surface area (TPSA) is 75.0 Å². The summed E-state index contributed by atoms with van der Waals surface area (Å²) in [6.07, 6.45) is 3.33. The predicted octanol–water partition coefficient (Wildman–Crippen LogP) is 1.81. The number of nitrogens with one attached hydrogen (secondary N) is 1. The molecule has 0 bridgehead atoms. The first kappa shape index (κ1) is 13.7. The minimum atomic E-state index is -0.191. The van der Waals surface area contributed by atoms with Crippen molar-refractivity contribution in [1.29, 1.82) is 0 Å². The summed E-state index contributed by atoms with van der Waals surface area (Å²) >= 11 is 0. The zero-order valence-corrected chi connectivity index (χ0v) is 12.0. The summed E-state index contributed by atoms with van der Waals surface area (Å²) in [6, 6.07) is 11.9. The van der Waals surface area contributed by atoms with Crippen LogP contribution in [-0.4, -0.2) is 23.1 Å². The van der Waals surface area contributed by atoms with Crippen LogP contribution in [-0.2, 0) is 6.42 Å². The average Bonchev–Trinajstić information content (AvgIpc) is 2.48. The second-order valence-corrected chi connectivity index (χ2v) is 5.61. The zero-order chi connectivity index (χ0) is 14.7. The molecule has 2 aromatic rings. The molecule has 21 heavy (non-hydrogen) atoms. The van der Waals surface area contributed by atoms with Crippen LogP contribution in [0.25, 0.3) is 0 Å². The van der Waals surface area contributed by atoms with E-state index >= 15 is 0 Å². The molecule has 0 spiro atoms. The Morgan fingerprint density at radius 3 is 2.62 bits per heavy atom. The lowest BCUT2D eigenvalue weighted by Crippen LogP contribution is -2.36. The highest BCUT2D eigenvalue weighted by atomic mass is 16.1. The average molecular weight is 284 g/mol. The quantitative estimate of drug-likeness (QED) is 0.901. The Morgan fingerprint density at radius 2 is 1.95 bits per heavy atom. The Hall–Kier alpha value is -2.30. The molecule has 1 aliphatic rings. The van der Waals surface area contributed by atoms with Crippen molar-refractivity contribution in [3.8, 4) is 0 Å². The van der Waals surface area contributed by atoms with Gasteiger partial charge >= 0.3 is 0 Å². The van der Waals surface area contributed by atoms with Crippen LogP contribution in [0, 0.1) is 5.92 Å². The molecule has 110 valence electrons. The van der Waals surface area contributed by atoms with E-state index in [0.29, 0.717) is 11.9 Å². The van der Waals surface area contributed by atoms with Crippen LogP contribution in [0.1, 0.15) is 18.4 Å². The van der Waals surface area contributed by atoms with Gasteiger partial charge in [0.15, 0.2) is 0 Å². The Kier molecular flexibility index (Phi) is 3.90. The summed E-state index contributed by atoms with van der Waals surface area (Å²) < 4.78 is 0. The van der Waals surface area contributed by atoms with Gasteiger partial charge in [0.2, 0.25) is 5.95 Å². The molecule has 5 nitrogen and oxygen atoms in total. The summed E-state index contributed by atoms with van der Waals surface area (Å²) in [6.45, 7) is 1.81. The number of H-pyrrole nitrogens is 1. The summed E-state index contributed by atoms with van der Waals surface area (Å²) in [7, 11) is 0. The van der Waals surface area contributed by atoms with Crippen molar-refractivity contribution in [3.63, 3.8) is 0 Å². The molecule has 1 aliphatic heterocycles. The fourth-order valence-corrected chi connectivity index (χ4v) is 2.91. The van der Waals surface area contributed by atoms with Gasteiger partial charge in [-0.15, -0.1) is 0 Å². The number of benzene rings is 1. The van der Waals surface area contributed by atoms with Gasteiger partial charge < -0.3 is 10.6 Å². The predicted molar refractivity (Wildman–Crippen MR) is 84.4 cm³/mol. The Bertz CT molecular complexity index is 645. The number of aromatic amines is 1. The van der Waals surface area contributed by atoms with E-state index in [2.05, 4.69) is 39.1 Å². The van der Waals surface area contributed by atoms with Crippen LogP contribution in [0.5, 0.6) is 0 Å². The van der Waals surface area contributed by atoms with E-state index in [0.717, 1.165) is 32.4 Å². The Morgan fingerprint density at radius 1 is 1.24 bits per heavy atom. The third-order valence-electron chi connectivity index (χ3n) is 4.03. The van der Waals surface area contributed by atoms with Crippen LogP contribution in [0.15, 0.2) is 41.2 Å². The highest BCUT2D eigenvalue weighted by Crippen LogP contribution is 2.23. The van der Waals surface area contributed by atoms with Gasteiger partial charge in [-0.3, -0.25) is 9.78 Å². The van der Waals surface area contributed by atoms with Gasteiger partial charge in [0.25, 0.3) is 5.56 Å². The summed E-state index contributed by atoms with van der Waals surface area (Å²) in [4.78, 5) is 20.5. The van der Waals surface area contributed by atoms with Crippen LogP contribution >= 0.6 is 0 Å². The second-order valence-electron chi connectivity index (χ2n) is 5.61. The summed E-state index contributed by atoms with van der Waals surface area (Å²) in [5.74, 6) is 1.56. The van der Waals surface area contributed by atoms with E-state index in [1.54, 1.807) is 0 Å².